The van der Waals surface area contributed by atoms with Gasteiger partial charge in [-0.25, -0.2) is 0 Å². The Balaban J connectivity index is 2.33. The van der Waals surface area contributed by atoms with Gasteiger partial charge in [-0.15, -0.1) is 0 Å². The van der Waals surface area contributed by atoms with Crippen molar-refractivity contribution >= 4 is 17.3 Å². The number of nitro benzene ring substituents is 1. The van der Waals surface area contributed by atoms with Gasteiger partial charge in [-0.1, -0.05) is 6.92 Å². The summed E-state index contributed by atoms with van der Waals surface area (Å²) in [7, 11) is 0. The molecule has 1 aromatic rings. The van der Waals surface area contributed by atoms with Crippen molar-refractivity contribution in [2.75, 3.05) is 24.6 Å². The van der Waals surface area contributed by atoms with E-state index in [1.54, 1.807) is 13.0 Å². The van der Waals surface area contributed by atoms with Gasteiger partial charge in [0.25, 0.3) is 11.6 Å². The maximum atomic E-state index is 12.4. The van der Waals surface area contributed by atoms with Crippen molar-refractivity contribution in [3.05, 3.63) is 33.9 Å². The molecule has 0 bridgehead atoms. The lowest BCUT2D eigenvalue weighted by molar-refractivity contribution is -0.384. The van der Waals surface area contributed by atoms with Crippen molar-refractivity contribution in [1.29, 1.82) is 0 Å². The van der Waals surface area contributed by atoms with Crippen LogP contribution < -0.4 is 10.2 Å². The number of hydrogen-bond acceptors (Lipinski definition) is 5. The van der Waals surface area contributed by atoms with E-state index in [-0.39, 0.29) is 17.9 Å². The Morgan fingerprint density at radius 1 is 1.48 bits per heavy atom. The fourth-order valence-electron chi connectivity index (χ4n) is 2.69. The lowest BCUT2D eigenvalue weighted by Gasteiger charge is -2.33. The highest BCUT2D eigenvalue weighted by atomic mass is 16.6. The van der Waals surface area contributed by atoms with E-state index in [2.05, 4.69) is 17.1 Å². The van der Waals surface area contributed by atoms with E-state index in [0.29, 0.717) is 11.6 Å². The molecule has 126 valence electrons. The van der Waals surface area contributed by atoms with Crippen molar-refractivity contribution in [3.63, 3.8) is 0 Å². The van der Waals surface area contributed by atoms with Crippen LogP contribution in [-0.2, 0) is 0 Å². The highest BCUT2D eigenvalue weighted by molar-refractivity contribution is 6.00. The van der Waals surface area contributed by atoms with Crippen LogP contribution >= 0.6 is 0 Å². The number of carbonyl (C=O) groups excluding carboxylic acids is 1. The number of amides is 1. The van der Waals surface area contributed by atoms with Crippen LogP contribution in [0.15, 0.2) is 18.2 Å². The second-order valence-electron chi connectivity index (χ2n) is 6.19. The van der Waals surface area contributed by atoms with E-state index >= 15 is 0 Å². The second kappa shape index (κ2) is 7.41. The number of piperidine rings is 1. The Bertz CT molecular complexity index is 583. The summed E-state index contributed by atoms with van der Waals surface area (Å²) in [6, 6.07) is 3.98. The fourth-order valence-corrected chi connectivity index (χ4v) is 2.69. The maximum Gasteiger partial charge on any atom is 0.270 e. The quantitative estimate of drug-likeness (QED) is 0.638. The molecule has 1 amide bonds. The summed E-state index contributed by atoms with van der Waals surface area (Å²) < 4.78 is 0. The molecule has 0 radical (unpaired) electrons. The van der Waals surface area contributed by atoms with Crippen molar-refractivity contribution in [3.8, 4) is 0 Å². The summed E-state index contributed by atoms with van der Waals surface area (Å²) in [4.78, 5) is 25.0. The standard InChI is InChI=1S/C16H23N3O4/c1-11-5-7-18(8-6-11)15-4-3-13(19(22)23)9-14(15)16(21)17-12(2)10-20/h3-4,9,11-12,20H,5-8,10H2,1-2H3,(H,17,21). The van der Waals surface area contributed by atoms with E-state index in [4.69, 9.17) is 5.11 Å². The third kappa shape index (κ3) is 4.19. The lowest BCUT2D eigenvalue weighted by atomic mass is 9.97. The minimum atomic E-state index is -0.506. The number of hydrogen-bond donors (Lipinski definition) is 2. The topological polar surface area (TPSA) is 95.7 Å². The summed E-state index contributed by atoms with van der Waals surface area (Å²) in [6.07, 6.45) is 2.07. The molecule has 0 aromatic heterocycles. The normalized spacial score (nSPS) is 16.9. The molecule has 1 fully saturated rings. The average Bonchev–Trinajstić information content (AvgIpc) is 2.54. The van der Waals surface area contributed by atoms with Crippen LogP contribution in [0.5, 0.6) is 0 Å². The molecule has 23 heavy (non-hydrogen) atoms. The smallest absolute Gasteiger partial charge is 0.270 e. The minimum absolute atomic E-state index is 0.110. The largest absolute Gasteiger partial charge is 0.394 e. The van der Waals surface area contributed by atoms with Gasteiger partial charge in [-0.2, -0.15) is 0 Å². The molecule has 1 heterocycles. The zero-order valence-corrected chi connectivity index (χ0v) is 13.5. The summed E-state index contributed by atoms with van der Waals surface area (Å²) in [5, 5.41) is 22.8. The van der Waals surface area contributed by atoms with Crippen molar-refractivity contribution in [2.45, 2.75) is 32.7 Å². The Labute approximate surface area is 135 Å². The molecular formula is C16H23N3O4. The molecule has 1 aliphatic heterocycles. The number of carbonyl (C=O) groups is 1. The molecule has 0 saturated carbocycles. The third-order valence-corrected chi connectivity index (χ3v) is 4.21. The number of nitrogens with one attached hydrogen (secondary N) is 1. The molecule has 2 rings (SSSR count). The molecule has 1 aliphatic rings. The van der Waals surface area contributed by atoms with Crippen molar-refractivity contribution < 1.29 is 14.8 Å². The van der Waals surface area contributed by atoms with E-state index in [1.807, 2.05) is 0 Å². The maximum absolute atomic E-state index is 12.4. The van der Waals surface area contributed by atoms with Gasteiger partial charge < -0.3 is 15.3 Å². The van der Waals surface area contributed by atoms with Gasteiger partial charge in [-0.3, -0.25) is 14.9 Å². The number of benzene rings is 1. The Morgan fingerprint density at radius 3 is 2.70 bits per heavy atom. The predicted molar refractivity (Wildman–Crippen MR) is 87.7 cm³/mol. The molecule has 1 unspecified atom stereocenters. The van der Waals surface area contributed by atoms with Gasteiger partial charge >= 0.3 is 0 Å². The Hall–Kier alpha value is -2.15. The second-order valence-corrected chi connectivity index (χ2v) is 6.19. The lowest BCUT2D eigenvalue weighted by Crippen LogP contribution is -2.38. The number of aliphatic hydroxyl groups excluding tert-OH is 1. The Morgan fingerprint density at radius 2 is 2.13 bits per heavy atom. The first-order valence-electron chi connectivity index (χ1n) is 7.87. The highest BCUT2D eigenvalue weighted by Gasteiger charge is 2.24. The van der Waals surface area contributed by atoms with Crippen LogP contribution in [0, 0.1) is 16.0 Å². The van der Waals surface area contributed by atoms with Crippen LogP contribution in [0.25, 0.3) is 0 Å². The van der Waals surface area contributed by atoms with E-state index in [0.717, 1.165) is 25.9 Å². The summed E-state index contributed by atoms with van der Waals surface area (Å²) in [6.45, 7) is 5.35. The molecular weight excluding hydrogens is 298 g/mol. The predicted octanol–water partition coefficient (Wildman–Crippen LogP) is 1.94. The van der Waals surface area contributed by atoms with Crippen LogP contribution in [-0.4, -0.2) is 41.7 Å². The van der Waals surface area contributed by atoms with E-state index < -0.39 is 16.9 Å². The van der Waals surface area contributed by atoms with Gasteiger partial charge in [0.2, 0.25) is 0 Å². The molecule has 2 N–H and O–H groups in total. The number of nitrogens with zero attached hydrogens (tertiary/aromatic N) is 2. The molecule has 7 nitrogen and oxygen atoms in total. The SMILES string of the molecule is CC1CCN(c2ccc([N+](=O)[O-])cc2C(=O)NC(C)CO)CC1. The monoisotopic (exact) mass is 321 g/mol. The molecule has 0 aliphatic carbocycles. The Kier molecular flexibility index (Phi) is 5.54. The van der Waals surface area contributed by atoms with Gasteiger partial charge in [0.1, 0.15) is 0 Å². The van der Waals surface area contributed by atoms with Crippen molar-refractivity contribution in [1.82, 2.24) is 5.32 Å². The van der Waals surface area contributed by atoms with Crippen LogP contribution in [0.2, 0.25) is 0 Å². The highest BCUT2D eigenvalue weighted by Crippen LogP contribution is 2.29. The first-order chi connectivity index (χ1) is 10.9. The molecule has 7 heteroatoms. The number of anilines is 1. The molecule has 1 saturated heterocycles. The van der Waals surface area contributed by atoms with Gasteiger partial charge in [0.15, 0.2) is 0 Å². The number of rotatable bonds is 5. The molecule has 0 spiro atoms. The fraction of sp³-hybridized carbons (Fsp3) is 0.562. The summed E-state index contributed by atoms with van der Waals surface area (Å²) in [5.41, 5.74) is 0.889. The van der Waals surface area contributed by atoms with Crippen molar-refractivity contribution in [2.24, 2.45) is 5.92 Å². The van der Waals surface area contributed by atoms with E-state index in [9.17, 15) is 14.9 Å². The molecule has 1 aromatic carbocycles. The van der Waals surface area contributed by atoms with Crippen LogP contribution in [0.4, 0.5) is 11.4 Å². The van der Waals surface area contributed by atoms with Gasteiger partial charge in [0.05, 0.1) is 22.8 Å². The zero-order chi connectivity index (χ0) is 17.0. The number of nitro groups is 1. The van der Waals surface area contributed by atoms with Gasteiger partial charge in [0, 0.05) is 31.3 Å². The van der Waals surface area contributed by atoms with Crippen LogP contribution in [0.3, 0.4) is 0 Å². The third-order valence-electron chi connectivity index (χ3n) is 4.21. The summed E-state index contributed by atoms with van der Waals surface area (Å²) >= 11 is 0. The first-order valence-corrected chi connectivity index (χ1v) is 7.87. The number of aliphatic hydroxyl groups is 1. The van der Waals surface area contributed by atoms with E-state index in [1.165, 1.54) is 12.1 Å². The minimum Gasteiger partial charge on any atom is -0.394 e. The van der Waals surface area contributed by atoms with Crippen LogP contribution in [0.1, 0.15) is 37.0 Å². The van der Waals surface area contributed by atoms with Gasteiger partial charge in [-0.05, 0) is 31.7 Å². The first kappa shape index (κ1) is 17.2. The number of non-ortho nitro benzene ring substituents is 1. The molecule has 1 atom stereocenters. The average molecular weight is 321 g/mol. The zero-order valence-electron chi connectivity index (χ0n) is 13.5. The summed E-state index contributed by atoms with van der Waals surface area (Å²) in [5.74, 6) is 0.250.